The Bertz CT molecular complexity index is 689. The van der Waals surface area contributed by atoms with Gasteiger partial charge in [0.2, 0.25) is 0 Å². The van der Waals surface area contributed by atoms with Crippen molar-refractivity contribution in [2.75, 3.05) is 5.32 Å². The van der Waals surface area contributed by atoms with Gasteiger partial charge in [0.15, 0.2) is 0 Å². The first-order chi connectivity index (χ1) is 10.3. The molecule has 2 rings (SSSR count). The quantitative estimate of drug-likeness (QED) is 0.716. The number of anilines is 1. The van der Waals surface area contributed by atoms with E-state index in [4.69, 9.17) is 16.7 Å². The highest BCUT2D eigenvalue weighted by atomic mass is 35.5. The number of aromatic hydroxyl groups is 1. The van der Waals surface area contributed by atoms with Crippen molar-refractivity contribution in [3.63, 3.8) is 0 Å². The van der Waals surface area contributed by atoms with E-state index in [1.807, 2.05) is 0 Å². The second-order valence-corrected chi connectivity index (χ2v) is 5.65. The molecule has 22 heavy (non-hydrogen) atoms. The van der Waals surface area contributed by atoms with Crippen molar-refractivity contribution in [3.05, 3.63) is 53.1 Å². The molecule has 0 spiro atoms. The third-order valence-electron chi connectivity index (χ3n) is 2.57. The third kappa shape index (κ3) is 4.32. The number of hydrogen-bond acceptors (Lipinski definition) is 3. The summed E-state index contributed by atoms with van der Waals surface area (Å²) in [5.41, 5.74) is -1.02. The number of halogens is 4. The molecule has 8 heteroatoms. The molecule has 0 unspecified atom stereocenters. The van der Waals surface area contributed by atoms with Gasteiger partial charge < -0.3 is 10.4 Å². The molecule has 2 aromatic carbocycles. The lowest BCUT2D eigenvalue weighted by Gasteiger charge is -2.11. The molecule has 2 aromatic rings. The minimum absolute atomic E-state index is 0.00648. The van der Waals surface area contributed by atoms with E-state index in [9.17, 15) is 18.0 Å². The number of carbonyl (C=O) groups excluding carboxylic acids is 1. The molecule has 0 fully saturated rings. The Morgan fingerprint density at radius 3 is 2.36 bits per heavy atom. The first-order valence-electron chi connectivity index (χ1n) is 5.90. The summed E-state index contributed by atoms with van der Waals surface area (Å²) in [6.07, 6.45) is -4.60. The van der Waals surface area contributed by atoms with Crippen molar-refractivity contribution in [2.45, 2.75) is 11.1 Å². The van der Waals surface area contributed by atoms with E-state index >= 15 is 0 Å². The number of carbonyl (C=O) groups is 1. The molecule has 0 saturated carbocycles. The predicted octanol–water partition coefficient (Wildman–Crippen LogP) is 5.39. The van der Waals surface area contributed by atoms with E-state index in [1.165, 1.54) is 30.3 Å². The van der Waals surface area contributed by atoms with Crippen molar-refractivity contribution in [1.29, 1.82) is 0 Å². The number of alkyl halides is 3. The monoisotopic (exact) mass is 347 g/mol. The fourth-order valence-corrected chi connectivity index (χ4v) is 2.46. The van der Waals surface area contributed by atoms with Crippen LogP contribution in [0.25, 0.3) is 0 Å². The van der Waals surface area contributed by atoms with Gasteiger partial charge >= 0.3 is 6.18 Å². The van der Waals surface area contributed by atoms with Crippen molar-refractivity contribution in [2.24, 2.45) is 0 Å². The van der Waals surface area contributed by atoms with Gasteiger partial charge in [-0.05, 0) is 54.2 Å². The van der Waals surface area contributed by atoms with Crippen molar-refractivity contribution >= 4 is 34.3 Å². The van der Waals surface area contributed by atoms with Crippen LogP contribution >= 0.6 is 23.4 Å². The average molecular weight is 348 g/mol. The molecule has 0 atom stereocenters. The van der Waals surface area contributed by atoms with Crippen LogP contribution in [0.15, 0.2) is 47.4 Å². The summed E-state index contributed by atoms with van der Waals surface area (Å²) >= 11 is 6.29. The number of thioether (sulfide) groups is 1. The van der Waals surface area contributed by atoms with Gasteiger partial charge in [0.25, 0.3) is 5.24 Å². The normalized spacial score (nSPS) is 11.3. The molecular weight excluding hydrogens is 339 g/mol. The zero-order valence-electron chi connectivity index (χ0n) is 10.8. The van der Waals surface area contributed by atoms with Crippen LogP contribution < -0.4 is 5.32 Å². The molecule has 0 heterocycles. The number of amides is 1. The summed E-state index contributed by atoms with van der Waals surface area (Å²) in [5, 5.41) is 10.5. The molecular formula is C14H9ClF3NO2S. The standard InChI is InChI=1S/C14H9ClF3NO2S/c15-12-6-1-8(7-11(12)14(16,17)18)19-13(21)22-10-4-2-9(20)3-5-10/h1-7,20H,(H,19,21). The summed E-state index contributed by atoms with van der Waals surface area (Å²) in [6.45, 7) is 0. The zero-order chi connectivity index (χ0) is 16.3. The van der Waals surface area contributed by atoms with Gasteiger partial charge in [-0.3, -0.25) is 4.79 Å². The highest BCUT2D eigenvalue weighted by Crippen LogP contribution is 2.36. The predicted molar refractivity (Wildman–Crippen MR) is 79.4 cm³/mol. The summed E-state index contributed by atoms with van der Waals surface area (Å²) in [7, 11) is 0. The smallest absolute Gasteiger partial charge is 0.417 e. The van der Waals surface area contributed by atoms with Crippen LogP contribution in [0, 0.1) is 0 Å². The van der Waals surface area contributed by atoms with Crippen LogP contribution in [0.5, 0.6) is 5.75 Å². The molecule has 0 saturated heterocycles. The molecule has 0 radical (unpaired) electrons. The van der Waals surface area contributed by atoms with Crippen LogP contribution in [0.2, 0.25) is 5.02 Å². The maximum absolute atomic E-state index is 12.7. The van der Waals surface area contributed by atoms with E-state index in [0.29, 0.717) is 4.90 Å². The average Bonchev–Trinajstić information content (AvgIpc) is 2.42. The van der Waals surface area contributed by atoms with E-state index in [2.05, 4.69) is 5.32 Å². The molecule has 0 bridgehead atoms. The first kappa shape index (κ1) is 16.5. The van der Waals surface area contributed by atoms with E-state index in [1.54, 1.807) is 0 Å². The Morgan fingerprint density at radius 2 is 1.77 bits per heavy atom. The fourth-order valence-electron chi connectivity index (χ4n) is 1.58. The second-order valence-electron chi connectivity index (χ2n) is 4.20. The Balaban J connectivity index is 2.10. The van der Waals surface area contributed by atoms with Crippen LogP contribution in [0.3, 0.4) is 0 Å². The van der Waals surface area contributed by atoms with E-state index in [0.717, 1.165) is 23.9 Å². The minimum atomic E-state index is -4.60. The SMILES string of the molecule is O=C(Nc1ccc(Cl)c(C(F)(F)F)c1)Sc1ccc(O)cc1. The maximum Gasteiger partial charge on any atom is 0.417 e. The van der Waals surface area contributed by atoms with Gasteiger partial charge in [0.05, 0.1) is 10.6 Å². The highest BCUT2D eigenvalue weighted by Gasteiger charge is 2.33. The molecule has 2 N–H and O–H groups in total. The lowest BCUT2D eigenvalue weighted by Crippen LogP contribution is -2.09. The van der Waals surface area contributed by atoms with Gasteiger partial charge in [0, 0.05) is 10.6 Å². The van der Waals surface area contributed by atoms with Crippen LogP contribution in [-0.4, -0.2) is 10.3 Å². The first-order valence-corrected chi connectivity index (χ1v) is 7.10. The highest BCUT2D eigenvalue weighted by molar-refractivity contribution is 8.13. The number of phenolic OH excluding ortho intramolecular Hbond substituents is 1. The topological polar surface area (TPSA) is 49.3 Å². The minimum Gasteiger partial charge on any atom is -0.508 e. The molecule has 0 aliphatic heterocycles. The van der Waals surface area contributed by atoms with Crippen LogP contribution in [0.1, 0.15) is 5.56 Å². The van der Waals surface area contributed by atoms with E-state index in [-0.39, 0.29) is 11.4 Å². The Hall–Kier alpha value is -1.86. The lowest BCUT2D eigenvalue weighted by molar-refractivity contribution is -0.137. The summed E-state index contributed by atoms with van der Waals surface area (Å²) < 4.78 is 38.2. The largest absolute Gasteiger partial charge is 0.508 e. The number of benzene rings is 2. The molecule has 1 amide bonds. The Labute approximate surface area is 133 Å². The van der Waals surface area contributed by atoms with Gasteiger partial charge in [-0.2, -0.15) is 13.2 Å². The molecule has 116 valence electrons. The lowest BCUT2D eigenvalue weighted by atomic mass is 10.2. The Kier molecular flexibility index (Phi) is 4.87. The summed E-state index contributed by atoms with van der Waals surface area (Å²) in [6, 6.07) is 8.97. The number of nitrogens with one attached hydrogen (secondary N) is 1. The van der Waals surface area contributed by atoms with Crippen LogP contribution in [-0.2, 0) is 6.18 Å². The molecule has 0 aromatic heterocycles. The van der Waals surface area contributed by atoms with Gasteiger partial charge in [0.1, 0.15) is 5.75 Å². The maximum atomic E-state index is 12.7. The Morgan fingerprint density at radius 1 is 1.14 bits per heavy atom. The molecule has 0 aliphatic rings. The van der Waals surface area contributed by atoms with Crippen LogP contribution in [0.4, 0.5) is 23.7 Å². The molecule has 0 aliphatic carbocycles. The second kappa shape index (κ2) is 6.50. The zero-order valence-corrected chi connectivity index (χ0v) is 12.4. The number of hydrogen-bond donors (Lipinski definition) is 2. The van der Waals surface area contributed by atoms with Crippen molar-refractivity contribution in [3.8, 4) is 5.75 Å². The molecule has 3 nitrogen and oxygen atoms in total. The summed E-state index contributed by atoms with van der Waals surface area (Å²) in [4.78, 5) is 12.3. The van der Waals surface area contributed by atoms with Crippen molar-refractivity contribution in [1.82, 2.24) is 0 Å². The van der Waals surface area contributed by atoms with E-state index < -0.39 is 22.0 Å². The van der Waals surface area contributed by atoms with Gasteiger partial charge in [-0.25, -0.2) is 0 Å². The fraction of sp³-hybridized carbons (Fsp3) is 0.0714. The number of phenols is 1. The van der Waals surface area contributed by atoms with Gasteiger partial charge in [-0.15, -0.1) is 0 Å². The third-order valence-corrected chi connectivity index (χ3v) is 3.69. The van der Waals surface area contributed by atoms with Crippen molar-refractivity contribution < 1.29 is 23.1 Å². The number of rotatable bonds is 2. The summed E-state index contributed by atoms with van der Waals surface area (Å²) in [5.74, 6) is 0.0530. The van der Waals surface area contributed by atoms with Gasteiger partial charge in [-0.1, -0.05) is 11.6 Å².